The second-order valence-corrected chi connectivity index (χ2v) is 6.77. The van der Waals surface area contributed by atoms with Gasteiger partial charge in [0.2, 0.25) is 0 Å². The summed E-state index contributed by atoms with van der Waals surface area (Å²) in [6, 6.07) is 5.87. The SMILES string of the molecule is C/C(=N/NC(=O)c1cc2c(s1)CC[C@H](C)C2)c1ccc[nH]1. The minimum atomic E-state index is -0.118. The highest BCUT2D eigenvalue weighted by atomic mass is 32.1. The van der Waals surface area contributed by atoms with Crippen LogP contribution in [0.25, 0.3) is 0 Å². The Bertz CT molecular complexity index is 670. The first-order valence-electron chi connectivity index (χ1n) is 7.23. The quantitative estimate of drug-likeness (QED) is 0.663. The van der Waals surface area contributed by atoms with Gasteiger partial charge in [0.05, 0.1) is 16.3 Å². The molecule has 0 bridgehead atoms. The second kappa shape index (κ2) is 5.85. The van der Waals surface area contributed by atoms with Crippen molar-refractivity contribution < 1.29 is 4.79 Å². The molecule has 0 aromatic carbocycles. The number of H-pyrrole nitrogens is 1. The molecule has 4 nitrogen and oxygen atoms in total. The largest absolute Gasteiger partial charge is 0.360 e. The topological polar surface area (TPSA) is 57.2 Å². The number of hydrazone groups is 1. The van der Waals surface area contributed by atoms with Crippen molar-refractivity contribution in [3.63, 3.8) is 0 Å². The highest BCUT2D eigenvalue weighted by Crippen LogP contribution is 2.32. The van der Waals surface area contributed by atoms with Crippen molar-refractivity contribution in [2.75, 3.05) is 0 Å². The minimum absolute atomic E-state index is 0.118. The van der Waals surface area contributed by atoms with E-state index in [4.69, 9.17) is 0 Å². The third-order valence-electron chi connectivity index (χ3n) is 3.87. The van der Waals surface area contributed by atoms with Crippen LogP contribution < -0.4 is 5.43 Å². The molecular weight excluding hydrogens is 282 g/mol. The van der Waals surface area contributed by atoms with Crippen molar-refractivity contribution in [1.82, 2.24) is 10.4 Å². The summed E-state index contributed by atoms with van der Waals surface area (Å²) in [7, 11) is 0. The maximum absolute atomic E-state index is 12.2. The summed E-state index contributed by atoms with van der Waals surface area (Å²) in [5.41, 5.74) is 5.67. The summed E-state index contributed by atoms with van der Waals surface area (Å²) >= 11 is 1.61. The Morgan fingerprint density at radius 2 is 2.38 bits per heavy atom. The molecule has 2 heterocycles. The fourth-order valence-electron chi connectivity index (χ4n) is 2.62. The molecule has 5 heteroatoms. The number of fused-ring (bicyclic) bond motifs is 1. The van der Waals surface area contributed by atoms with Crippen LogP contribution in [0.1, 0.15) is 46.1 Å². The van der Waals surface area contributed by atoms with Gasteiger partial charge in [0, 0.05) is 11.1 Å². The Morgan fingerprint density at radius 1 is 1.52 bits per heavy atom. The highest BCUT2D eigenvalue weighted by Gasteiger charge is 2.20. The van der Waals surface area contributed by atoms with Crippen molar-refractivity contribution >= 4 is 23.0 Å². The summed E-state index contributed by atoms with van der Waals surface area (Å²) < 4.78 is 0. The molecule has 2 aromatic heterocycles. The zero-order chi connectivity index (χ0) is 14.8. The molecule has 110 valence electrons. The van der Waals surface area contributed by atoms with Crippen LogP contribution in [0.15, 0.2) is 29.5 Å². The molecule has 2 N–H and O–H groups in total. The van der Waals surface area contributed by atoms with E-state index in [2.05, 4.69) is 22.4 Å². The first kappa shape index (κ1) is 14.1. The number of rotatable bonds is 3. The van der Waals surface area contributed by atoms with Crippen LogP contribution in [0, 0.1) is 5.92 Å². The van der Waals surface area contributed by atoms with Gasteiger partial charge in [-0.05, 0) is 55.9 Å². The third-order valence-corrected chi connectivity index (χ3v) is 5.10. The number of nitrogens with zero attached hydrogens (tertiary/aromatic N) is 1. The summed E-state index contributed by atoms with van der Waals surface area (Å²) in [4.78, 5) is 17.4. The minimum Gasteiger partial charge on any atom is -0.360 e. The lowest BCUT2D eigenvalue weighted by molar-refractivity contribution is 0.0959. The average Bonchev–Trinajstić information content (AvgIpc) is 3.12. The van der Waals surface area contributed by atoms with Crippen molar-refractivity contribution in [2.45, 2.75) is 33.1 Å². The lowest BCUT2D eigenvalue weighted by Crippen LogP contribution is -2.18. The van der Waals surface area contributed by atoms with Crippen molar-refractivity contribution in [1.29, 1.82) is 0 Å². The summed E-state index contributed by atoms with van der Waals surface area (Å²) in [6.07, 6.45) is 5.24. The highest BCUT2D eigenvalue weighted by molar-refractivity contribution is 7.14. The zero-order valence-electron chi connectivity index (χ0n) is 12.3. The molecule has 2 aromatic rings. The number of carbonyl (C=O) groups excluding carboxylic acids is 1. The van der Waals surface area contributed by atoms with Gasteiger partial charge in [-0.3, -0.25) is 4.79 Å². The smallest absolute Gasteiger partial charge is 0.281 e. The number of aromatic nitrogens is 1. The molecule has 1 aliphatic carbocycles. The monoisotopic (exact) mass is 301 g/mol. The van der Waals surface area contributed by atoms with Gasteiger partial charge in [-0.15, -0.1) is 11.3 Å². The number of thiophene rings is 1. The first-order chi connectivity index (χ1) is 10.1. The zero-order valence-corrected chi connectivity index (χ0v) is 13.1. The van der Waals surface area contributed by atoms with Crippen LogP contribution >= 0.6 is 11.3 Å². The fraction of sp³-hybridized carbons (Fsp3) is 0.375. The van der Waals surface area contributed by atoms with E-state index in [0.29, 0.717) is 0 Å². The summed E-state index contributed by atoms with van der Waals surface area (Å²) in [6.45, 7) is 4.14. The van der Waals surface area contributed by atoms with Gasteiger partial charge in [-0.1, -0.05) is 6.92 Å². The molecule has 21 heavy (non-hydrogen) atoms. The molecule has 1 atom stereocenters. The van der Waals surface area contributed by atoms with Gasteiger partial charge in [0.25, 0.3) is 5.91 Å². The summed E-state index contributed by atoms with van der Waals surface area (Å²) in [5.74, 6) is 0.601. The number of aromatic amines is 1. The van der Waals surface area contributed by atoms with Gasteiger partial charge in [0.1, 0.15) is 0 Å². The summed E-state index contributed by atoms with van der Waals surface area (Å²) in [5, 5.41) is 4.16. The lowest BCUT2D eigenvalue weighted by Gasteiger charge is -2.16. The Hall–Kier alpha value is -1.88. The van der Waals surface area contributed by atoms with E-state index >= 15 is 0 Å². The van der Waals surface area contributed by atoms with E-state index in [1.165, 1.54) is 16.9 Å². The fourth-order valence-corrected chi connectivity index (χ4v) is 3.72. The van der Waals surface area contributed by atoms with Gasteiger partial charge < -0.3 is 4.98 Å². The van der Waals surface area contributed by atoms with E-state index in [9.17, 15) is 4.79 Å². The van der Waals surface area contributed by atoms with Gasteiger partial charge >= 0.3 is 0 Å². The Balaban J connectivity index is 1.70. The number of amides is 1. The molecule has 0 spiro atoms. The number of nitrogens with one attached hydrogen (secondary N) is 2. The second-order valence-electron chi connectivity index (χ2n) is 5.63. The van der Waals surface area contributed by atoms with Crippen molar-refractivity contribution in [3.8, 4) is 0 Å². The predicted octanol–water partition coefficient (Wildman–Crippen LogP) is 3.36. The third kappa shape index (κ3) is 3.08. The molecule has 3 rings (SSSR count). The number of aryl methyl sites for hydroxylation is 1. The molecular formula is C16H19N3OS. The maximum atomic E-state index is 12.2. The van der Waals surface area contributed by atoms with Gasteiger partial charge in [-0.2, -0.15) is 5.10 Å². The van der Waals surface area contributed by atoms with Crippen molar-refractivity contribution in [2.24, 2.45) is 11.0 Å². The molecule has 0 unspecified atom stereocenters. The van der Waals surface area contributed by atoms with E-state index in [0.717, 1.165) is 35.0 Å². The standard InChI is InChI=1S/C16H19N3OS/c1-10-5-6-14-12(8-10)9-15(21-14)16(20)19-18-11(2)13-4-3-7-17-13/h3-4,7,9-10,17H,5-6,8H2,1-2H3,(H,19,20)/b18-11-/t10-/m0/s1. The van der Waals surface area contributed by atoms with Crippen LogP contribution in [-0.4, -0.2) is 16.6 Å². The average molecular weight is 301 g/mol. The molecule has 0 saturated heterocycles. The molecule has 0 radical (unpaired) electrons. The van der Waals surface area contributed by atoms with Crippen LogP contribution in [0.2, 0.25) is 0 Å². The van der Waals surface area contributed by atoms with Gasteiger partial charge in [-0.25, -0.2) is 5.43 Å². The van der Waals surface area contributed by atoms with Crippen LogP contribution in [0.5, 0.6) is 0 Å². The van der Waals surface area contributed by atoms with Crippen LogP contribution in [0.4, 0.5) is 0 Å². The lowest BCUT2D eigenvalue weighted by atomic mass is 9.90. The number of hydrogen-bond donors (Lipinski definition) is 2. The molecule has 1 aliphatic rings. The van der Waals surface area contributed by atoms with E-state index in [1.807, 2.05) is 31.3 Å². The van der Waals surface area contributed by atoms with E-state index in [-0.39, 0.29) is 5.91 Å². The van der Waals surface area contributed by atoms with Crippen LogP contribution in [0.3, 0.4) is 0 Å². The molecule has 0 fully saturated rings. The Morgan fingerprint density at radius 3 is 3.14 bits per heavy atom. The Labute approximate surface area is 128 Å². The first-order valence-corrected chi connectivity index (χ1v) is 8.05. The maximum Gasteiger partial charge on any atom is 0.281 e. The molecule has 0 aliphatic heterocycles. The normalized spacial score (nSPS) is 18.4. The predicted molar refractivity (Wildman–Crippen MR) is 86.0 cm³/mol. The van der Waals surface area contributed by atoms with Gasteiger partial charge in [0.15, 0.2) is 0 Å². The Kier molecular flexibility index (Phi) is 3.92. The van der Waals surface area contributed by atoms with E-state index in [1.54, 1.807) is 11.3 Å². The molecule has 1 amide bonds. The number of hydrogen-bond acceptors (Lipinski definition) is 3. The number of carbonyl (C=O) groups is 1. The van der Waals surface area contributed by atoms with Crippen LogP contribution in [-0.2, 0) is 12.8 Å². The van der Waals surface area contributed by atoms with Crippen molar-refractivity contribution in [3.05, 3.63) is 45.4 Å². The van der Waals surface area contributed by atoms with E-state index < -0.39 is 0 Å². The molecule has 0 saturated carbocycles.